The van der Waals surface area contributed by atoms with Gasteiger partial charge < -0.3 is 0 Å². The van der Waals surface area contributed by atoms with Crippen LogP contribution >= 0.6 is 11.6 Å². The van der Waals surface area contributed by atoms with Crippen molar-refractivity contribution < 1.29 is 4.21 Å². The zero-order chi connectivity index (χ0) is 12.2. The fourth-order valence-electron chi connectivity index (χ4n) is 1.30. The third-order valence-electron chi connectivity index (χ3n) is 2.38. The zero-order valence-electron chi connectivity index (χ0n) is 9.05. The highest BCUT2D eigenvalue weighted by atomic mass is 35.5. The topological polar surface area (TPSA) is 66.1 Å². The second-order valence-electron chi connectivity index (χ2n) is 3.23. The number of nitriles is 1. The molecule has 1 heterocycles. The fourth-order valence-corrected chi connectivity index (χ4v) is 2.90. The SMILES string of the molecule is CC[S@](=O)(=NC#N)C(C)c1ccc(Cl)nc1. The Morgan fingerprint density at radius 2 is 2.38 bits per heavy atom. The smallest absolute Gasteiger partial charge is 0.214 e. The minimum atomic E-state index is -2.54. The van der Waals surface area contributed by atoms with Crippen molar-refractivity contribution in [1.29, 1.82) is 5.26 Å². The fraction of sp³-hybridized carbons (Fsp3) is 0.400. The Hall–Kier alpha value is -1.12. The molecule has 0 saturated heterocycles. The maximum absolute atomic E-state index is 12.3. The highest BCUT2D eigenvalue weighted by Crippen LogP contribution is 2.24. The average Bonchev–Trinajstić information content (AvgIpc) is 2.29. The summed E-state index contributed by atoms with van der Waals surface area (Å²) in [6, 6.07) is 3.39. The molecule has 1 aromatic heterocycles. The molecule has 1 unspecified atom stereocenters. The first-order valence-corrected chi connectivity index (χ1v) is 6.89. The molecule has 0 fully saturated rings. The summed E-state index contributed by atoms with van der Waals surface area (Å²) in [4.78, 5) is 3.92. The van der Waals surface area contributed by atoms with Crippen molar-refractivity contribution in [1.82, 2.24) is 4.98 Å². The third-order valence-corrected chi connectivity index (χ3v) is 5.20. The summed E-state index contributed by atoms with van der Waals surface area (Å²) in [7, 11) is -2.54. The Morgan fingerprint density at radius 1 is 1.69 bits per heavy atom. The molecule has 0 spiro atoms. The largest absolute Gasteiger partial charge is 0.248 e. The Kier molecular flexibility index (Phi) is 4.27. The second kappa shape index (κ2) is 5.28. The molecule has 0 aromatic carbocycles. The van der Waals surface area contributed by atoms with Gasteiger partial charge in [0.1, 0.15) is 5.15 Å². The number of halogens is 1. The van der Waals surface area contributed by atoms with E-state index >= 15 is 0 Å². The van der Waals surface area contributed by atoms with Gasteiger partial charge in [-0.25, -0.2) is 9.19 Å². The van der Waals surface area contributed by atoms with Crippen LogP contribution in [0.25, 0.3) is 0 Å². The molecule has 0 N–H and O–H groups in total. The van der Waals surface area contributed by atoms with Gasteiger partial charge >= 0.3 is 0 Å². The van der Waals surface area contributed by atoms with Gasteiger partial charge in [-0.05, 0) is 18.6 Å². The van der Waals surface area contributed by atoms with E-state index in [1.165, 1.54) is 0 Å². The second-order valence-corrected chi connectivity index (χ2v) is 6.46. The Balaban J connectivity index is 3.16. The van der Waals surface area contributed by atoms with Gasteiger partial charge in [-0.3, -0.25) is 0 Å². The Bertz CT molecular complexity index is 512. The van der Waals surface area contributed by atoms with Gasteiger partial charge in [0.2, 0.25) is 6.19 Å². The molecule has 1 rings (SSSR count). The van der Waals surface area contributed by atoms with E-state index in [2.05, 4.69) is 9.35 Å². The summed E-state index contributed by atoms with van der Waals surface area (Å²) in [6.45, 7) is 3.53. The molecule has 86 valence electrons. The molecule has 6 heteroatoms. The van der Waals surface area contributed by atoms with E-state index in [1.54, 1.807) is 38.4 Å². The van der Waals surface area contributed by atoms with Gasteiger partial charge in [0.05, 0.1) is 15.0 Å². The van der Waals surface area contributed by atoms with Gasteiger partial charge in [-0.15, -0.1) is 4.36 Å². The predicted octanol–water partition coefficient (Wildman–Crippen LogP) is 2.76. The molecule has 0 bridgehead atoms. The van der Waals surface area contributed by atoms with Gasteiger partial charge in [0, 0.05) is 11.9 Å². The van der Waals surface area contributed by atoms with Crippen LogP contribution < -0.4 is 0 Å². The van der Waals surface area contributed by atoms with Crippen LogP contribution in [0.2, 0.25) is 5.15 Å². The van der Waals surface area contributed by atoms with Crippen LogP contribution in [0.4, 0.5) is 0 Å². The van der Waals surface area contributed by atoms with E-state index in [0.29, 0.717) is 10.9 Å². The summed E-state index contributed by atoms with van der Waals surface area (Å²) < 4.78 is 15.8. The highest BCUT2D eigenvalue weighted by molar-refractivity contribution is 7.93. The molecule has 4 nitrogen and oxygen atoms in total. The molecule has 16 heavy (non-hydrogen) atoms. The van der Waals surface area contributed by atoms with E-state index < -0.39 is 9.73 Å². The van der Waals surface area contributed by atoms with Crippen LogP contribution in [0.3, 0.4) is 0 Å². The first-order valence-electron chi connectivity index (χ1n) is 4.76. The number of nitrogens with zero attached hydrogens (tertiary/aromatic N) is 3. The van der Waals surface area contributed by atoms with Gasteiger partial charge in [-0.2, -0.15) is 5.26 Å². The standard InChI is InChI=1S/C10H12ClN3OS/c1-3-16(15,14-7-12)8(2)9-4-5-10(11)13-6-9/h4-6,8H,3H2,1-2H3/t8?,16-/m1/s1. The minimum Gasteiger partial charge on any atom is -0.248 e. The minimum absolute atomic E-state index is 0.332. The number of pyridine rings is 1. The van der Waals surface area contributed by atoms with Crippen LogP contribution in [0.15, 0.2) is 22.7 Å². The molecular formula is C10H12ClN3OS. The van der Waals surface area contributed by atoms with Crippen LogP contribution in [0, 0.1) is 11.5 Å². The van der Waals surface area contributed by atoms with Crippen molar-refractivity contribution in [3.8, 4) is 6.19 Å². The molecule has 0 aliphatic rings. The Labute approximate surface area is 100 Å². The predicted molar refractivity (Wildman–Crippen MR) is 64.4 cm³/mol. The maximum atomic E-state index is 12.3. The van der Waals surface area contributed by atoms with E-state index in [1.807, 2.05) is 0 Å². The van der Waals surface area contributed by atoms with Crippen molar-refractivity contribution in [3.05, 3.63) is 29.0 Å². The maximum Gasteiger partial charge on any atom is 0.214 e. The number of hydrogen-bond acceptors (Lipinski definition) is 4. The van der Waals surface area contributed by atoms with E-state index in [9.17, 15) is 4.21 Å². The summed E-state index contributed by atoms with van der Waals surface area (Å²) in [6.07, 6.45) is 3.19. The van der Waals surface area contributed by atoms with Crippen molar-refractivity contribution in [2.24, 2.45) is 4.36 Å². The molecule has 0 radical (unpaired) electrons. The molecule has 0 saturated carbocycles. The average molecular weight is 258 g/mol. The summed E-state index contributed by atoms with van der Waals surface area (Å²) in [5.74, 6) is 0.338. The van der Waals surface area contributed by atoms with Crippen LogP contribution in [0.1, 0.15) is 24.7 Å². The van der Waals surface area contributed by atoms with Crippen LogP contribution in [0.5, 0.6) is 0 Å². The molecule has 0 amide bonds. The summed E-state index contributed by atoms with van der Waals surface area (Å²) in [5.41, 5.74) is 0.773. The number of aromatic nitrogens is 1. The molecule has 0 aliphatic heterocycles. The first kappa shape index (κ1) is 12.9. The Morgan fingerprint density at radius 3 is 2.81 bits per heavy atom. The van der Waals surface area contributed by atoms with E-state index in [4.69, 9.17) is 16.9 Å². The molecule has 1 aromatic rings. The number of hydrogen-bond donors (Lipinski definition) is 0. The summed E-state index contributed by atoms with van der Waals surface area (Å²) in [5, 5.41) is 8.59. The van der Waals surface area contributed by atoms with E-state index in [0.717, 1.165) is 5.56 Å². The quantitative estimate of drug-likeness (QED) is 0.618. The van der Waals surface area contributed by atoms with E-state index in [-0.39, 0.29) is 5.25 Å². The monoisotopic (exact) mass is 257 g/mol. The van der Waals surface area contributed by atoms with Gasteiger partial charge in [0.25, 0.3) is 0 Å². The lowest BCUT2D eigenvalue weighted by molar-refractivity contribution is 0.669. The van der Waals surface area contributed by atoms with Crippen LogP contribution in [-0.4, -0.2) is 14.9 Å². The zero-order valence-corrected chi connectivity index (χ0v) is 10.6. The molecular weight excluding hydrogens is 246 g/mol. The molecule has 2 atom stereocenters. The number of rotatable bonds is 3. The van der Waals surface area contributed by atoms with Crippen molar-refractivity contribution in [3.63, 3.8) is 0 Å². The molecule has 0 aliphatic carbocycles. The van der Waals surface area contributed by atoms with Crippen molar-refractivity contribution in [2.45, 2.75) is 19.1 Å². The first-order chi connectivity index (χ1) is 7.53. The van der Waals surface area contributed by atoms with Crippen molar-refractivity contribution >= 4 is 21.3 Å². The van der Waals surface area contributed by atoms with Gasteiger partial charge in [0.15, 0.2) is 0 Å². The lowest BCUT2D eigenvalue weighted by Gasteiger charge is -2.14. The third kappa shape index (κ3) is 2.71. The van der Waals surface area contributed by atoms with Crippen LogP contribution in [-0.2, 0) is 9.73 Å². The summed E-state index contributed by atoms with van der Waals surface area (Å²) >= 11 is 5.67. The normalized spacial score (nSPS) is 15.9. The van der Waals surface area contributed by atoms with Gasteiger partial charge in [-0.1, -0.05) is 24.6 Å². The van der Waals surface area contributed by atoms with Crippen molar-refractivity contribution in [2.75, 3.05) is 5.75 Å². The highest BCUT2D eigenvalue weighted by Gasteiger charge is 2.19. The lowest BCUT2D eigenvalue weighted by Crippen LogP contribution is -2.12. The lowest BCUT2D eigenvalue weighted by atomic mass is 10.2.